The number of hydrogen-bond acceptors (Lipinski definition) is 11. The lowest BCUT2D eigenvalue weighted by atomic mass is 9.96. The quantitative estimate of drug-likeness (QED) is 0.0179. The van der Waals surface area contributed by atoms with E-state index in [4.69, 9.17) is 16.9 Å². The van der Waals surface area contributed by atoms with Gasteiger partial charge < -0.3 is 63.5 Å². The third-order valence-electron chi connectivity index (χ3n) is 12.3. The number of carbonyl (C=O) groups is 5. The fraction of sp³-hybridized carbons (Fsp3) is 0.210. The molecular formula is C62H75N16O5-. The third kappa shape index (κ3) is 20.4. The van der Waals surface area contributed by atoms with Crippen LogP contribution in [-0.4, -0.2) is 105 Å². The first-order valence-electron chi connectivity index (χ1n) is 25.9. The molecule has 0 atom stereocenters. The third-order valence-corrected chi connectivity index (χ3v) is 12.3. The minimum Gasteiger partial charge on any atom is -0.386 e. The van der Waals surface area contributed by atoms with Crippen molar-refractivity contribution in [3.05, 3.63) is 198 Å². The monoisotopic (exact) mass is 1120 g/mol. The normalized spacial score (nSPS) is 12.1. The SMILES string of the molecule is CNC(=O)c1ccc(NC(=O)Cc2cccc(C3=NCCN3)c2)cc1CC(=O)Cc1cccc(C(C)=NCC(=N)N)c1.CNC(=[NH+]C)c1ccc(NC(=O)Nc2cc(NC(=O)Nc3cccc(/C(C)=N/N=C(C)N)c3)ccc2C)cc1.[CH3-].[CH3-]. The summed E-state index contributed by atoms with van der Waals surface area (Å²) >= 11 is 0. The molecular weight excluding hydrogens is 1050 g/mol. The molecule has 21 heteroatoms. The number of Topliss-reactive ketones (excluding diaryl/α,β-unsaturated/α-hetero) is 1. The number of nitrogens with two attached hydrogens (primary N) is 2. The zero-order valence-corrected chi connectivity index (χ0v) is 48.4. The number of amidine groups is 4. The van der Waals surface area contributed by atoms with Crippen LogP contribution in [0.2, 0.25) is 0 Å². The van der Waals surface area contributed by atoms with Gasteiger partial charge >= 0.3 is 12.1 Å². The Kier molecular flexibility index (Phi) is 25.2. The molecule has 0 aliphatic carbocycles. The zero-order valence-electron chi connectivity index (χ0n) is 48.4. The van der Waals surface area contributed by atoms with Crippen LogP contribution in [0.1, 0.15) is 75.6 Å². The van der Waals surface area contributed by atoms with Crippen LogP contribution in [0.4, 0.5) is 38.0 Å². The number of nitrogens with one attached hydrogen (secondary N) is 10. The molecule has 1 aliphatic rings. The average molecular weight is 1120 g/mol. The maximum atomic E-state index is 13.1. The largest absolute Gasteiger partial charge is 0.386 e. The molecule has 83 heavy (non-hydrogen) atoms. The Bertz CT molecular complexity index is 3450. The molecule has 0 saturated heterocycles. The van der Waals surface area contributed by atoms with Gasteiger partial charge in [0, 0.05) is 71.7 Å². The Morgan fingerprint density at radius 1 is 0.639 bits per heavy atom. The number of benzene rings is 6. The van der Waals surface area contributed by atoms with E-state index < -0.39 is 12.1 Å². The van der Waals surface area contributed by atoms with Crippen LogP contribution in [0.15, 0.2) is 154 Å². The number of nitrogens with zero attached hydrogens (tertiary/aromatic N) is 4. The van der Waals surface area contributed by atoms with E-state index in [2.05, 4.69) is 67.7 Å². The molecule has 0 bridgehead atoms. The van der Waals surface area contributed by atoms with Gasteiger partial charge in [0.1, 0.15) is 23.3 Å². The van der Waals surface area contributed by atoms with Crippen LogP contribution in [0, 0.1) is 27.2 Å². The second kappa shape index (κ2) is 32.1. The molecule has 434 valence electrons. The van der Waals surface area contributed by atoms with Crippen molar-refractivity contribution in [1.82, 2.24) is 16.0 Å². The second-order valence-electron chi connectivity index (χ2n) is 18.7. The van der Waals surface area contributed by atoms with Gasteiger partial charge in [-0.2, -0.15) is 5.10 Å². The number of ketones is 1. The van der Waals surface area contributed by atoms with Crippen molar-refractivity contribution in [3.8, 4) is 0 Å². The predicted molar refractivity (Wildman–Crippen MR) is 338 cm³/mol. The van der Waals surface area contributed by atoms with Crippen molar-refractivity contribution in [3.63, 3.8) is 0 Å². The molecule has 0 aromatic heterocycles. The summed E-state index contributed by atoms with van der Waals surface area (Å²) in [6.07, 6.45) is 0.345. The number of rotatable bonds is 19. The lowest BCUT2D eigenvalue weighted by molar-refractivity contribution is -0.421. The predicted octanol–water partition coefficient (Wildman–Crippen LogP) is 6.64. The molecule has 0 radical (unpaired) electrons. The summed E-state index contributed by atoms with van der Waals surface area (Å²) in [5.74, 6) is 1.44. The summed E-state index contributed by atoms with van der Waals surface area (Å²) in [5.41, 5.74) is 22.1. The highest BCUT2D eigenvalue weighted by atomic mass is 16.2. The van der Waals surface area contributed by atoms with Crippen LogP contribution in [0.25, 0.3) is 0 Å². The number of amides is 6. The summed E-state index contributed by atoms with van der Waals surface area (Å²) < 4.78 is 0. The molecule has 0 spiro atoms. The Balaban J connectivity index is 0.000000349. The summed E-state index contributed by atoms with van der Waals surface area (Å²) in [7, 11) is 5.19. The van der Waals surface area contributed by atoms with Gasteiger partial charge in [0.25, 0.3) is 11.7 Å². The number of hydrogen-bond donors (Lipinski definition) is 12. The number of urea groups is 2. The van der Waals surface area contributed by atoms with Gasteiger partial charge in [-0.25, -0.2) is 9.59 Å². The van der Waals surface area contributed by atoms with E-state index in [-0.39, 0.29) is 64.1 Å². The highest BCUT2D eigenvalue weighted by Crippen LogP contribution is 2.23. The maximum absolute atomic E-state index is 13.1. The van der Waals surface area contributed by atoms with E-state index >= 15 is 0 Å². The second-order valence-corrected chi connectivity index (χ2v) is 18.7. The molecule has 6 amide bonds. The van der Waals surface area contributed by atoms with Crippen LogP contribution < -0.4 is 59.0 Å². The molecule has 6 aromatic rings. The minimum atomic E-state index is -0.434. The molecule has 21 nitrogen and oxygen atoms in total. The number of carbonyl (C=O) groups excluding carboxylic acids is 5. The van der Waals surface area contributed by atoms with Gasteiger partial charge in [-0.15, -0.1) is 5.10 Å². The molecule has 0 saturated carbocycles. The molecule has 1 heterocycles. The topological polar surface area (TPSA) is 321 Å². The van der Waals surface area contributed by atoms with Crippen molar-refractivity contribution in [2.24, 2.45) is 31.7 Å². The van der Waals surface area contributed by atoms with E-state index in [1.54, 1.807) is 56.3 Å². The summed E-state index contributed by atoms with van der Waals surface area (Å²) in [6.45, 7) is 8.81. The van der Waals surface area contributed by atoms with Crippen molar-refractivity contribution < 1.29 is 29.0 Å². The Morgan fingerprint density at radius 3 is 1.90 bits per heavy atom. The first-order valence-corrected chi connectivity index (χ1v) is 25.9. The highest BCUT2D eigenvalue weighted by Gasteiger charge is 2.18. The Hall–Kier alpha value is -10.3. The molecule has 7 rings (SSSR count). The van der Waals surface area contributed by atoms with Crippen molar-refractivity contribution >= 4 is 92.9 Å². The van der Waals surface area contributed by atoms with Gasteiger partial charge in [0.15, 0.2) is 0 Å². The first kappa shape index (κ1) is 65.2. The van der Waals surface area contributed by atoms with Gasteiger partial charge in [-0.3, -0.25) is 40.1 Å². The van der Waals surface area contributed by atoms with Crippen molar-refractivity contribution in [1.29, 1.82) is 5.41 Å². The summed E-state index contributed by atoms with van der Waals surface area (Å²) in [6, 6.07) is 39.2. The maximum Gasteiger partial charge on any atom is 0.323 e. The van der Waals surface area contributed by atoms with Crippen molar-refractivity contribution in [2.75, 3.05) is 67.4 Å². The van der Waals surface area contributed by atoms with Crippen molar-refractivity contribution in [2.45, 2.75) is 47.0 Å². The smallest absolute Gasteiger partial charge is 0.323 e. The van der Waals surface area contributed by atoms with E-state index in [1.165, 1.54) is 7.05 Å². The fourth-order valence-corrected chi connectivity index (χ4v) is 8.27. The van der Waals surface area contributed by atoms with Crippen LogP contribution in [0.3, 0.4) is 0 Å². The lowest BCUT2D eigenvalue weighted by Gasteiger charge is -2.13. The number of aryl methyl sites for hydroxylation is 1. The van der Waals surface area contributed by atoms with E-state index in [0.717, 1.165) is 69.4 Å². The molecule has 0 fully saturated rings. The van der Waals surface area contributed by atoms with Crippen LogP contribution in [-0.2, 0) is 28.9 Å². The molecule has 1 aliphatic heterocycles. The van der Waals surface area contributed by atoms with Gasteiger partial charge in [-0.05, 0) is 140 Å². The van der Waals surface area contributed by atoms with Gasteiger partial charge in [0.05, 0.1) is 44.9 Å². The first-order chi connectivity index (χ1) is 38.9. The van der Waals surface area contributed by atoms with Crippen LogP contribution in [0.5, 0.6) is 0 Å². The van der Waals surface area contributed by atoms with E-state index in [0.29, 0.717) is 51.1 Å². The number of aliphatic imine (C=N–C) groups is 2. The van der Waals surface area contributed by atoms with Crippen LogP contribution >= 0.6 is 0 Å². The molecule has 0 unspecified atom stereocenters. The minimum absolute atomic E-state index is 0. The fourth-order valence-electron chi connectivity index (χ4n) is 8.27. The Morgan fingerprint density at radius 2 is 1.25 bits per heavy atom. The standard InChI is InChI=1S/C32H35N7O3.C28H33N9O2.2CH3/c1-20(38-19-29(33)34)23-7-3-5-21(13-23)15-27(40)18-25-17-26(9-10-28(25)32(42)35-2)39-30(41)16-22-6-4-8-24(14-22)31-36-11-12-37-31;1-17-9-12-24(34-27(38)33-23-8-6-7-21(15-23)18(2)36-37-19(3)29)16-25(17)35-28(39)32-22-13-10-20(11-14-22)26(30-4)31-5;;/h3-10,13-14,17H,11-12,15-16,18-19H2,1-2H3,(H3,33,34)(H,35,42)(H,36,37)(H,39,41);6-16H,1-5H3,(H2,29,37)(H,30,31)(H2,32,35,39)(H2,33,34,38);2*1H3/q;;2*-1/p+1/b;36-18+;;. The van der Waals surface area contributed by atoms with E-state index in [9.17, 15) is 24.0 Å². The zero-order chi connectivity index (χ0) is 58.4. The molecule has 6 aromatic carbocycles. The van der Waals surface area contributed by atoms with Gasteiger partial charge in [-0.1, -0.05) is 54.6 Å². The summed E-state index contributed by atoms with van der Waals surface area (Å²) in [4.78, 5) is 75.7. The molecule has 14 N–H and O–H groups in total. The summed E-state index contributed by atoms with van der Waals surface area (Å²) in [5, 5.41) is 38.4. The number of anilines is 5. The van der Waals surface area contributed by atoms with E-state index in [1.807, 2.05) is 119 Å². The Labute approximate surface area is 485 Å². The lowest BCUT2D eigenvalue weighted by Crippen LogP contribution is -2.71. The van der Waals surface area contributed by atoms with Gasteiger partial charge in [0.2, 0.25) is 5.91 Å². The highest BCUT2D eigenvalue weighted by molar-refractivity contribution is 6.06. The average Bonchev–Trinajstić information content (AvgIpc) is 4.08.